The van der Waals surface area contributed by atoms with Gasteiger partial charge in [-0.3, -0.25) is 9.78 Å². The molecule has 0 atom stereocenters. The molecule has 0 aliphatic rings. The van der Waals surface area contributed by atoms with Gasteiger partial charge in [0.1, 0.15) is 5.69 Å². The van der Waals surface area contributed by atoms with E-state index in [1.807, 2.05) is 25.4 Å². The number of pyridine rings is 1. The lowest BCUT2D eigenvalue weighted by Crippen LogP contribution is -2.05. The molecule has 0 fully saturated rings. The van der Waals surface area contributed by atoms with Crippen LogP contribution in [-0.4, -0.2) is 20.3 Å². The van der Waals surface area contributed by atoms with Gasteiger partial charge >= 0.3 is 0 Å². The third kappa shape index (κ3) is 2.78. The van der Waals surface area contributed by atoms with E-state index in [0.29, 0.717) is 12.1 Å². The zero-order valence-electron chi connectivity index (χ0n) is 10.1. The molecule has 0 bridgehead atoms. The summed E-state index contributed by atoms with van der Waals surface area (Å²) in [6.45, 7) is 2.08. The maximum Gasteiger partial charge on any atom is 0.188 e. The fraction of sp³-hybridized carbons (Fsp3) is 0.308. The number of hydrogen-bond acceptors (Lipinski definition) is 3. The smallest absolute Gasteiger partial charge is 0.188 e. The number of carbonyl (C=O) groups excluding carboxylic acids is 1. The predicted octanol–water partition coefficient (Wildman–Crippen LogP) is 1.80. The molecule has 0 aliphatic heterocycles. The molecule has 0 saturated heterocycles. The lowest BCUT2D eigenvalue weighted by atomic mass is 10.1. The summed E-state index contributed by atoms with van der Waals surface area (Å²) in [6.07, 6.45) is 6.44. The van der Waals surface area contributed by atoms with Crippen LogP contribution in [0.5, 0.6) is 0 Å². The van der Waals surface area contributed by atoms with Gasteiger partial charge in [-0.05, 0) is 18.1 Å². The van der Waals surface area contributed by atoms with Crippen LogP contribution in [0.1, 0.15) is 28.7 Å². The average molecular weight is 229 g/mol. The molecule has 0 radical (unpaired) electrons. The van der Waals surface area contributed by atoms with Gasteiger partial charge in [0.2, 0.25) is 0 Å². The third-order valence-electron chi connectivity index (χ3n) is 2.63. The summed E-state index contributed by atoms with van der Waals surface area (Å²) in [6, 6.07) is 3.91. The van der Waals surface area contributed by atoms with E-state index in [-0.39, 0.29) is 5.78 Å². The Morgan fingerprint density at radius 3 is 2.71 bits per heavy atom. The molecule has 17 heavy (non-hydrogen) atoms. The second-order valence-corrected chi connectivity index (χ2v) is 4.04. The monoisotopic (exact) mass is 229 g/mol. The summed E-state index contributed by atoms with van der Waals surface area (Å²) in [5, 5.41) is 0. The Balaban J connectivity index is 2.07. The molecule has 0 spiro atoms. The summed E-state index contributed by atoms with van der Waals surface area (Å²) in [5.74, 6) is 0.00217. The van der Waals surface area contributed by atoms with Crippen molar-refractivity contribution < 1.29 is 4.79 Å². The van der Waals surface area contributed by atoms with Crippen molar-refractivity contribution in [3.8, 4) is 0 Å². The number of aryl methyl sites for hydroxylation is 2. The highest BCUT2D eigenvalue weighted by Crippen LogP contribution is 2.05. The summed E-state index contributed by atoms with van der Waals surface area (Å²) in [5.41, 5.74) is 2.46. The van der Waals surface area contributed by atoms with Crippen molar-refractivity contribution in [2.45, 2.75) is 19.8 Å². The van der Waals surface area contributed by atoms with Gasteiger partial charge in [-0.25, -0.2) is 4.98 Å². The Kier molecular flexibility index (Phi) is 3.32. The largest absolute Gasteiger partial charge is 0.340 e. The average Bonchev–Trinajstić information content (AvgIpc) is 2.77. The number of rotatable bonds is 4. The zero-order valence-corrected chi connectivity index (χ0v) is 10.1. The molecule has 0 unspecified atom stereocenters. The Hall–Kier alpha value is -1.97. The maximum absolute atomic E-state index is 11.9. The van der Waals surface area contributed by atoms with Crippen LogP contribution in [0.2, 0.25) is 0 Å². The molecular weight excluding hydrogens is 214 g/mol. The summed E-state index contributed by atoms with van der Waals surface area (Å²) in [7, 11) is 1.85. The molecule has 2 heterocycles. The summed E-state index contributed by atoms with van der Waals surface area (Å²) < 4.78 is 1.76. The van der Waals surface area contributed by atoms with Gasteiger partial charge in [0.15, 0.2) is 5.78 Å². The Bertz CT molecular complexity index is 514. The molecule has 2 rings (SSSR count). The standard InChI is InChI=1S/C13H15N3O/c1-3-10-4-5-11(14-7-10)6-13(17)12-8-16(2)9-15-12/h4-5,7-9H,3,6H2,1-2H3. The van der Waals surface area contributed by atoms with E-state index >= 15 is 0 Å². The number of hydrogen-bond donors (Lipinski definition) is 0. The second kappa shape index (κ2) is 4.91. The first-order chi connectivity index (χ1) is 8.19. The van der Waals surface area contributed by atoms with E-state index in [4.69, 9.17) is 0 Å². The summed E-state index contributed by atoms with van der Waals surface area (Å²) >= 11 is 0. The van der Waals surface area contributed by atoms with Crippen molar-refractivity contribution in [1.29, 1.82) is 0 Å². The van der Waals surface area contributed by atoms with E-state index in [2.05, 4.69) is 16.9 Å². The minimum absolute atomic E-state index is 0.00217. The van der Waals surface area contributed by atoms with Crippen LogP contribution in [0.3, 0.4) is 0 Å². The molecular formula is C13H15N3O. The maximum atomic E-state index is 11.9. The normalized spacial score (nSPS) is 10.5. The number of ketones is 1. The van der Waals surface area contributed by atoms with Crippen LogP contribution < -0.4 is 0 Å². The second-order valence-electron chi connectivity index (χ2n) is 4.04. The number of imidazole rings is 1. The molecule has 0 aliphatic carbocycles. The first-order valence-corrected chi connectivity index (χ1v) is 5.64. The van der Waals surface area contributed by atoms with Crippen LogP contribution in [0.4, 0.5) is 0 Å². The molecule has 0 amide bonds. The number of aromatic nitrogens is 3. The van der Waals surface area contributed by atoms with E-state index < -0.39 is 0 Å². The van der Waals surface area contributed by atoms with Gasteiger partial charge in [-0.15, -0.1) is 0 Å². The fourth-order valence-corrected chi connectivity index (χ4v) is 1.58. The molecule has 0 saturated carbocycles. The molecule has 4 nitrogen and oxygen atoms in total. The highest BCUT2D eigenvalue weighted by molar-refractivity contribution is 5.95. The van der Waals surface area contributed by atoms with E-state index in [9.17, 15) is 4.79 Å². The van der Waals surface area contributed by atoms with Crippen LogP contribution in [0.25, 0.3) is 0 Å². The Morgan fingerprint density at radius 2 is 2.18 bits per heavy atom. The van der Waals surface area contributed by atoms with Crippen LogP contribution in [0.15, 0.2) is 30.9 Å². The van der Waals surface area contributed by atoms with Gasteiger partial charge in [-0.2, -0.15) is 0 Å². The van der Waals surface area contributed by atoms with Gasteiger partial charge < -0.3 is 4.57 Å². The van der Waals surface area contributed by atoms with Gasteiger partial charge in [0, 0.05) is 25.1 Å². The van der Waals surface area contributed by atoms with Gasteiger partial charge in [-0.1, -0.05) is 13.0 Å². The van der Waals surface area contributed by atoms with Crippen molar-refractivity contribution in [3.05, 3.63) is 47.8 Å². The van der Waals surface area contributed by atoms with Crippen molar-refractivity contribution in [1.82, 2.24) is 14.5 Å². The molecule has 88 valence electrons. The van der Waals surface area contributed by atoms with Crippen LogP contribution in [-0.2, 0) is 19.9 Å². The van der Waals surface area contributed by atoms with Crippen LogP contribution in [0, 0.1) is 0 Å². The van der Waals surface area contributed by atoms with Crippen LogP contribution >= 0.6 is 0 Å². The van der Waals surface area contributed by atoms with E-state index in [0.717, 1.165) is 12.1 Å². The van der Waals surface area contributed by atoms with Crippen molar-refractivity contribution in [2.75, 3.05) is 0 Å². The Labute approximate surface area is 100 Å². The Morgan fingerprint density at radius 1 is 1.35 bits per heavy atom. The quantitative estimate of drug-likeness (QED) is 0.751. The minimum Gasteiger partial charge on any atom is -0.340 e. The highest BCUT2D eigenvalue weighted by atomic mass is 16.1. The first-order valence-electron chi connectivity index (χ1n) is 5.64. The van der Waals surface area contributed by atoms with Gasteiger partial charge in [0.05, 0.1) is 12.7 Å². The first kappa shape index (κ1) is 11.5. The van der Waals surface area contributed by atoms with Crippen molar-refractivity contribution in [3.63, 3.8) is 0 Å². The van der Waals surface area contributed by atoms with Crippen molar-refractivity contribution >= 4 is 5.78 Å². The zero-order chi connectivity index (χ0) is 12.3. The molecule has 2 aromatic rings. The van der Waals surface area contributed by atoms with E-state index in [1.54, 1.807) is 17.1 Å². The number of Topliss-reactive ketones (excluding diaryl/α,β-unsaturated/α-hetero) is 1. The highest BCUT2D eigenvalue weighted by Gasteiger charge is 2.10. The molecule has 2 aromatic heterocycles. The predicted molar refractivity (Wildman–Crippen MR) is 64.9 cm³/mol. The molecule has 4 heteroatoms. The summed E-state index contributed by atoms with van der Waals surface area (Å²) in [4.78, 5) is 20.2. The SMILES string of the molecule is CCc1ccc(CC(=O)c2cn(C)cn2)nc1. The van der Waals surface area contributed by atoms with Gasteiger partial charge in [0.25, 0.3) is 0 Å². The molecule has 0 aromatic carbocycles. The topological polar surface area (TPSA) is 47.8 Å². The minimum atomic E-state index is 0.00217. The lowest BCUT2D eigenvalue weighted by Gasteiger charge is -2.00. The molecule has 0 N–H and O–H groups in total. The lowest BCUT2D eigenvalue weighted by molar-refractivity contribution is 0.0987. The van der Waals surface area contributed by atoms with Crippen molar-refractivity contribution in [2.24, 2.45) is 7.05 Å². The third-order valence-corrected chi connectivity index (χ3v) is 2.63. The fourth-order valence-electron chi connectivity index (χ4n) is 1.58. The number of carbonyl (C=O) groups is 1. The number of nitrogens with zero attached hydrogens (tertiary/aromatic N) is 3. The van der Waals surface area contributed by atoms with E-state index in [1.165, 1.54) is 5.56 Å².